The van der Waals surface area contributed by atoms with Gasteiger partial charge in [-0.1, -0.05) is 6.07 Å². The molecule has 1 fully saturated rings. The number of pyridine rings is 1. The number of nitrogens with one attached hydrogen (secondary N) is 3. The minimum atomic E-state index is 0. The number of aromatic nitrogens is 5. The summed E-state index contributed by atoms with van der Waals surface area (Å²) in [6.07, 6.45) is 1.84. The fourth-order valence-electron chi connectivity index (χ4n) is 4.00. The van der Waals surface area contributed by atoms with Crippen molar-refractivity contribution in [1.29, 1.82) is 0 Å². The van der Waals surface area contributed by atoms with Crippen molar-refractivity contribution >= 4 is 41.0 Å². The molecule has 1 aliphatic heterocycles. The van der Waals surface area contributed by atoms with Crippen molar-refractivity contribution in [3.63, 3.8) is 0 Å². The summed E-state index contributed by atoms with van der Waals surface area (Å²) in [6, 6.07) is 12.4. The van der Waals surface area contributed by atoms with Gasteiger partial charge in [-0.25, -0.2) is 9.97 Å². The van der Waals surface area contributed by atoms with Crippen LogP contribution in [0.3, 0.4) is 0 Å². The Morgan fingerprint density at radius 2 is 1.89 bits per heavy atom. The molecule has 184 valence electrons. The van der Waals surface area contributed by atoms with E-state index in [2.05, 4.69) is 52.6 Å². The number of halogens is 1. The van der Waals surface area contributed by atoms with Crippen molar-refractivity contribution in [3.8, 4) is 17.3 Å². The van der Waals surface area contributed by atoms with E-state index in [9.17, 15) is 0 Å². The zero-order valence-electron chi connectivity index (χ0n) is 20.1. The molecule has 3 N–H and O–H groups in total. The number of anilines is 3. The van der Waals surface area contributed by atoms with Crippen molar-refractivity contribution in [3.05, 3.63) is 48.2 Å². The first-order valence-corrected chi connectivity index (χ1v) is 11.3. The number of fused-ring (bicyclic) bond motifs is 1. The first-order valence-electron chi connectivity index (χ1n) is 11.3. The van der Waals surface area contributed by atoms with E-state index >= 15 is 0 Å². The van der Waals surface area contributed by atoms with Crippen LogP contribution in [0.4, 0.5) is 17.6 Å². The highest BCUT2D eigenvalue weighted by molar-refractivity contribution is 5.85. The Bertz CT molecular complexity index is 1290. The standard InChI is InChI=1S/C24H29N9O.ClH/c1-32(2)22-14-19(29-24(31-22)34-3)17-4-5-18-20(13-17)28-23(27-18)30-21-12-16(6-7-26-21)15-33-10-8-25-9-11-33;/h4-7,12-14,25H,8-11,15H2,1-3H3,(H2,26,27,28,30);1H. The molecular formula is C24H30ClN9O. The Morgan fingerprint density at radius 3 is 2.66 bits per heavy atom. The van der Waals surface area contributed by atoms with Gasteiger partial charge in [-0.15, -0.1) is 12.4 Å². The number of piperazine rings is 1. The van der Waals surface area contributed by atoms with E-state index in [0.29, 0.717) is 12.0 Å². The quantitative estimate of drug-likeness (QED) is 0.356. The second-order valence-corrected chi connectivity index (χ2v) is 8.51. The second-order valence-electron chi connectivity index (χ2n) is 8.51. The number of methoxy groups -OCH3 is 1. The van der Waals surface area contributed by atoms with Gasteiger partial charge in [0.2, 0.25) is 5.95 Å². The minimum absolute atomic E-state index is 0. The molecule has 0 spiro atoms. The zero-order valence-corrected chi connectivity index (χ0v) is 20.9. The van der Waals surface area contributed by atoms with Gasteiger partial charge in [0.25, 0.3) is 0 Å². The average molecular weight is 496 g/mol. The smallest absolute Gasteiger partial charge is 0.318 e. The number of ether oxygens (including phenoxy) is 1. The Labute approximate surface area is 210 Å². The van der Waals surface area contributed by atoms with Gasteiger partial charge in [0.15, 0.2) is 0 Å². The van der Waals surface area contributed by atoms with E-state index in [4.69, 9.17) is 4.74 Å². The highest BCUT2D eigenvalue weighted by atomic mass is 35.5. The molecule has 0 amide bonds. The van der Waals surface area contributed by atoms with Crippen molar-refractivity contribution in [1.82, 2.24) is 35.1 Å². The Balaban J connectivity index is 0.00000289. The molecule has 1 saturated heterocycles. The topological polar surface area (TPSA) is 107 Å². The molecule has 4 heterocycles. The largest absolute Gasteiger partial charge is 0.467 e. The zero-order chi connectivity index (χ0) is 23.5. The van der Waals surface area contributed by atoms with Crippen LogP contribution in [0.25, 0.3) is 22.3 Å². The molecule has 0 unspecified atom stereocenters. The van der Waals surface area contributed by atoms with Crippen molar-refractivity contribution < 1.29 is 4.74 Å². The summed E-state index contributed by atoms with van der Waals surface area (Å²) in [7, 11) is 5.45. The predicted molar refractivity (Wildman–Crippen MR) is 141 cm³/mol. The maximum atomic E-state index is 5.29. The van der Waals surface area contributed by atoms with Crippen LogP contribution in [0.15, 0.2) is 42.6 Å². The van der Waals surface area contributed by atoms with Crippen LogP contribution in [0, 0.1) is 0 Å². The molecule has 0 bridgehead atoms. The SMILES string of the molecule is COc1nc(-c2ccc3nc(Nc4cc(CN5CCNCC5)ccn4)[nH]c3c2)cc(N(C)C)n1.Cl. The molecule has 11 heteroatoms. The van der Waals surface area contributed by atoms with E-state index in [1.54, 1.807) is 7.11 Å². The molecular weight excluding hydrogens is 466 g/mol. The molecule has 3 aromatic heterocycles. The van der Waals surface area contributed by atoms with Gasteiger partial charge < -0.3 is 25.3 Å². The van der Waals surface area contributed by atoms with E-state index < -0.39 is 0 Å². The molecule has 0 radical (unpaired) electrons. The fourth-order valence-corrected chi connectivity index (χ4v) is 4.00. The lowest BCUT2D eigenvalue weighted by Crippen LogP contribution is -2.42. The first-order chi connectivity index (χ1) is 16.6. The number of hydrogen-bond acceptors (Lipinski definition) is 9. The highest BCUT2D eigenvalue weighted by Gasteiger charge is 2.13. The van der Waals surface area contributed by atoms with Crippen LogP contribution in [-0.2, 0) is 6.54 Å². The molecule has 10 nitrogen and oxygen atoms in total. The second kappa shape index (κ2) is 10.9. The van der Waals surface area contributed by atoms with Crippen LogP contribution in [0.1, 0.15) is 5.56 Å². The summed E-state index contributed by atoms with van der Waals surface area (Å²) in [6.45, 7) is 5.11. The molecule has 0 aliphatic carbocycles. The van der Waals surface area contributed by atoms with Gasteiger partial charge >= 0.3 is 6.01 Å². The van der Waals surface area contributed by atoms with Gasteiger partial charge in [0, 0.05) is 64.6 Å². The number of H-pyrrole nitrogens is 1. The average Bonchev–Trinajstić information content (AvgIpc) is 3.26. The fraction of sp³-hybridized carbons (Fsp3) is 0.333. The van der Waals surface area contributed by atoms with Crippen LogP contribution in [0.2, 0.25) is 0 Å². The number of rotatable bonds is 7. The van der Waals surface area contributed by atoms with Crippen molar-refractivity contribution in [2.75, 3.05) is 57.6 Å². The van der Waals surface area contributed by atoms with Crippen molar-refractivity contribution in [2.45, 2.75) is 6.54 Å². The third kappa shape index (κ3) is 5.79. The molecule has 4 aromatic rings. The number of benzene rings is 1. The summed E-state index contributed by atoms with van der Waals surface area (Å²) in [5.41, 5.74) is 4.72. The number of imidazole rings is 1. The summed E-state index contributed by atoms with van der Waals surface area (Å²) in [4.78, 5) is 25.8. The molecule has 5 rings (SSSR count). The first kappa shape index (κ1) is 24.6. The van der Waals surface area contributed by atoms with Gasteiger partial charge in [-0.05, 0) is 29.8 Å². The van der Waals surface area contributed by atoms with Gasteiger partial charge in [-0.3, -0.25) is 4.90 Å². The summed E-state index contributed by atoms with van der Waals surface area (Å²) >= 11 is 0. The van der Waals surface area contributed by atoms with Crippen LogP contribution < -0.4 is 20.3 Å². The maximum Gasteiger partial charge on any atom is 0.318 e. The van der Waals surface area contributed by atoms with Crippen LogP contribution >= 0.6 is 12.4 Å². The molecule has 0 saturated carbocycles. The summed E-state index contributed by atoms with van der Waals surface area (Å²) in [5.74, 6) is 2.19. The van der Waals surface area contributed by atoms with Crippen LogP contribution in [-0.4, -0.2) is 77.2 Å². The summed E-state index contributed by atoms with van der Waals surface area (Å²) < 4.78 is 5.29. The van der Waals surface area contributed by atoms with Gasteiger partial charge in [0.1, 0.15) is 11.6 Å². The van der Waals surface area contributed by atoms with Gasteiger partial charge in [0.05, 0.1) is 23.8 Å². The lowest BCUT2D eigenvalue weighted by atomic mass is 10.1. The Morgan fingerprint density at radius 1 is 1.06 bits per heavy atom. The van der Waals surface area contributed by atoms with E-state index in [0.717, 1.165) is 66.7 Å². The van der Waals surface area contributed by atoms with E-state index in [1.165, 1.54) is 5.56 Å². The molecule has 1 aromatic carbocycles. The molecule has 0 atom stereocenters. The lowest BCUT2D eigenvalue weighted by molar-refractivity contribution is 0.233. The third-order valence-corrected chi connectivity index (χ3v) is 5.80. The number of nitrogens with zero attached hydrogens (tertiary/aromatic N) is 6. The van der Waals surface area contributed by atoms with E-state index in [1.807, 2.05) is 49.5 Å². The maximum absolute atomic E-state index is 5.29. The highest BCUT2D eigenvalue weighted by Crippen LogP contribution is 2.27. The van der Waals surface area contributed by atoms with E-state index in [-0.39, 0.29) is 12.4 Å². The Kier molecular flexibility index (Phi) is 7.64. The number of hydrogen-bond donors (Lipinski definition) is 3. The minimum Gasteiger partial charge on any atom is -0.467 e. The monoisotopic (exact) mass is 495 g/mol. The van der Waals surface area contributed by atoms with Crippen LogP contribution in [0.5, 0.6) is 6.01 Å². The van der Waals surface area contributed by atoms with Crippen molar-refractivity contribution in [2.24, 2.45) is 0 Å². The summed E-state index contributed by atoms with van der Waals surface area (Å²) in [5, 5.41) is 6.70. The molecule has 35 heavy (non-hydrogen) atoms. The predicted octanol–water partition coefficient (Wildman–Crippen LogP) is 3.06. The number of aromatic amines is 1. The molecule has 1 aliphatic rings. The lowest BCUT2D eigenvalue weighted by Gasteiger charge is -2.27. The third-order valence-electron chi connectivity index (χ3n) is 5.80. The normalized spacial score (nSPS) is 13.9. The van der Waals surface area contributed by atoms with Gasteiger partial charge in [-0.2, -0.15) is 9.97 Å². The Hall–Kier alpha value is -3.47.